The molecule has 0 aliphatic carbocycles. The first-order valence-corrected chi connectivity index (χ1v) is 9.83. The van der Waals surface area contributed by atoms with Gasteiger partial charge in [0.15, 0.2) is 0 Å². The standard InChI is InChI=1S/C22H29N3O2/c1-4-18(17-10-5-6-13-21(17)27-16(2)3)24-22(26)25-15-9-12-20(25)19-11-7-8-14-23-19/h5-8,10-11,13-14,16,18,20H,4,9,12,15H2,1-3H3,(H,24,26)/t18-,20+/m1/s1. The Labute approximate surface area is 161 Å². The van der Waals surface area contributed by atoms with Gasteiger partial charge in [-0.1, -0.05) is 31.2 Å². The molecule has 1 aliphatic heterocycles. The zero-order valence-electron chi connectivity index (χ0n) is 16.4. The number of benzene rings is 1. The van der Waals surface area contributed by atoms with Crippen molar-refractivity contribution in [3.05, 3.63) is 59.9 Å². The molecule has 1 aliphatic rings. The van der Waals surface area contributed by atoms with E-state index in [1.54, 1.807) is 6.20 Å². The van der Waals surface area contributed by atoms with Crippen LogP contribution in [-0.4, -0.2) is 28.6 Å². The van der Waals surface area contributed by atoms with Crippen molar-refractivity contribution in [2.75, 3.05) is 6.54 Å². The van der Waals surface area contributed by atoms with E-state index in [9.17, 15) is 4.79 Å². The number of carbonyl (C=O) groups is 1. The maximum atomic E-state index is 13.1. The van der Waals surface area contributed by atoms with Gasteiger partial charge in [0.1, 0.15) is 5.75 Å². The molecular formula is C22H29N3O2. The molecule has 27 heavy (non-hydrogen) atoms. The second-order valence-corrected chi connectivity index (χ2v) is 7.22. The van der Waals surface area contributed by atoms with Crippen molar-refractivity contribution < 1.29 is 9.53 Å². The molecule has 5 nitrogen and oxygen atoms in total. The molecule has 1 fully saturated rings. The number of ether oxygens (including phenoxy) is 1. The van der Waals surface area contributed by atoms with Crippen molar-refractivity contribution in [1.29, 1.82) is 0 Å². The normalized spacial score (nSPS) is 17.8. The van der Waals surface area contributed by atoms with Crippen LogP contribution in [0.3, 0.4) is 0 Å². The Morgan fingerprint density at radius 1 is 1.26 bits per heavy atom. The monoisotopic (exact) mass is 367 g/mol. The first kappa shape index (κ1) is 19.2. The van der Waals surface area contributed by atoms with E-state index in [2.05, 4.69) is 17.2 Å². The van der Waals surface area contributed by atoms with E-state index in [-0.39, 0.29) is 24.2 Å². The summed E-state index contributed by atoms with van der Waals surface area (Å²) in [5.41, 5.74) is 1.98. The molecule has 1 N–H and O–H groups in total. The molecule has 1 aromatic carbocycles. The summed E-state index contributed by atoms with van der Waals surface area (Å²) >= 11 is 0. The van der Waals surface area contributed by atoms with E-state index in [4.69, 9.17) is 4.74 Å². The number of aromatic nitrogens is 1. The lowest BCUT2D eigenvalue weighted by atomic mass is 10.0. The zero-order chi connectivity index (χ0) is 19.2. The summed E-state index contributed by atoms with van der Waals surface area (Å²) in [4.78, 5) is 19.4. The van der Waals surface area contributed by atoms with E-state index in [0.29, 0.717) is 0 Å². The third kappa shape index (κ3) is 4.59. The lowest BCUT2D eigenvalue weighted by Gasteiger charge is -2.28. The van der Waals surface area contributed by atoms with Crippen LogP contribution in [0.5, 0.6) is 5.75 Å². The number of nitrogens with one attached hydrogen (secondary N) is 1. The Hall–Kier alpha value is -2.56. The topological polar surface area (TPSA) is 54.5 Å². The van der Waals surface area contributed by atoms with Gasteiger partial charge >= 0.3 is 6.03 Å². The Morgan fingerprint density at radius 2 is 2.04 bits per heavy atom. The Bertz CT molecular complexity index is 748. The highest BCUT2D eigenvalue weighted by Crippen LogP contribution is 2.32. The predicted octanol–water partition coefficient (Wildman–Crippen LogP) is 4.87. The van der Waals surface area contributed by atoms with E-state index in [0.717, 1.165) is 42.8 Å². The lowest BCUT2D eigenvalue weighted by molar-refractivity contribution is 0.186. The van der Waals surface area contributed by atoms with Crippen LogP contribution in [0.4, 0.5) is 4.79 Å². The molecule has 0 unspecified atom stereocenters. The van der Waals surface area contributed by atoms with Crippen molar-refractivity contribution in [3.8, 4) is 5.75 Å². The molecule has 0 bridgehead atoms. The third-order valence-corrected chi connectivity index (χ3v) is 4.91. The van der Waals surface area contributed by atoms with Crippen LogP contribution in [0.2, 0.25) is 0 Å². The SMILES string of the molecule is CC[C@@H](NC(=O)N1CCC[C@H]1c1ccccn1)c1ccccc1OC(C)C. The second kappa shape index (κ2) is 8.89. The van der Waals surface area contributed by atoms with Crippen LogP contribution >= 0.6 is 0 Å². The molecule has 144 valence electrons. The summed E-state index contributed by atoms with van der Waals surface area (Å²) < 4.78 is 5.95. The van der Waals surface area contributed by atoms with Crippen molar-refractivity contribution in [2.24, 2.45) is 0 Å². The molecule has 0 spiro atoms. The molecule has 0 radical (unpaired) electrons. The minimum atomic E-state index is -0.0857. The molecule has 2 atom stereocenters. The fraction of sp³-hybridized carbons (Fsp3) is 0.455. The van der Waals surface area contributed by atoms with Gasteiger partial charge in [0.05, 0.1) is 23.9 Å². The van der Waals surface area contributed by atoms with Crippen LogP contribution in [0, 0.1) is 0 Å². The van der Waals surface area contributed by atoms with Gasteiger partial charge in [-0.2, -0.15) is 0 Å². The maximum Gasteiger partial charge on any atom is 0.318 e. The number of likely N-dealkylation sites (tertiary alicyclic amines) is 1. The maximum absolute atomic E-state index is 13.1. The van der Waals surface area contributed by atoms with E-state index < -0.39 is 0 Å². The molecule has 3 rings (SSSR count). The number of hydrogen-bond acceptors (Lipinski definition) is 3. The van der Waals surface area contributed by atoms with Crippen molar-refractivity contribution in [1.82, 2.24) is 15.2 Å². The van der Waals surface area contributed by atoms with Crippen LogP contribution in [0.1, 0.15) is 63.4 Å². The summed E-state index contributed by atoms with van der Waals surface area (Å²) in [6.07, 6.45) is 4.63. The number of pyridine rings is 1. The van der Waals surface area contributed by atoms with Gasteiger partial charge in [-0.3, -0.25) is 4.98 Å². The first-order chi connectivity index (χ1) is 13.1. The highest BCUT2D eigenvalue weighted by atomic mass is 16.5. The van der Waals surface area contributed by atoms with E-state index in [1.807, 2.05) is 61.2 Å². The largest absolute Gasteiger partial charge is 0.491 e. The molecule has 0 saturated carbocycles. The minimum absolute atomic E-state index is 0.0330. The molecule has 1 saturated heterocycles. The Kier molecular flexibility index (Phi) is 6.32. The highest BCUT2D eigenvalue weighted by molar-refractivity contribution is 5.75. The third-order valence-electron chi connectivity index (χ3n) is 4.91. The number of rotatable bonds is 6. The number of hydrogen-bond donors (Lipinski definition) is 1. The van der Waals surface area contributed by atoms with Gasteiger partial charge in [0.25, 0.3) is 0 Å². The van der Waals surface area contributed by atoms with Gasteiger partial charge in [0.2, 0.25) is 0 Å². The summed E-state index contributed by atoms with van der Waals surface area (Å²) in [6, 6.07) is 13.8. The van der Waals surface area contributed by atoms with Crippen LogP contribution in [-0.2, 0) is 0 Å². The number of carbonyl (C=O) groups excluding carboxylic acids is 1. The van der Waals surface area contributed by atoms with Crippen molar-refractivity contribution in [2.45, 2.75) is 58.2 Å². The first-order valence-electron chi connectivity index (χ1n) is 9.83. The van der Waals surface area contributed by atoms with Crippen molar-refractivity contribution >= 4 is 6.03 Å². The summed E-state index contributed by atoms with van der Waals surface area (Å²) in [7, 11) is 0. The van der Waals surface area contributed by atoms with Crippen LogP contribution < -0.4 is 10.1 Å². The predicted molar refractivity (Wildman–Crippen MR) is 107 cm³/mol. The average Bonchev–Trinajstić information content (AvgIpc) is 3.17. The number of nitrogens with zero attached hydrogens (tertiary/aromatic N) is 2. The average molecular weight is 367 g/mol. The van der Waals surface area contributed by atoms with Crippen LogP contribution in [0.25, 0.3) is 0 Å². The summed E-state index contributed by atoms with van der Waals surface area (Å²) in [5.74, 6) is 0.836. The fourth-order valence-corrected chi connectivity index (χ4v) is 3.65. The zero-order valence-corrected chi connectivity index (χ0v) is 16.4. The Balaban J connectivity index is 1.76. The summed E-state index contributed by atoms with van der Waals surface area (Å²) in [6.45, 7) is 6.86. The van der Waals surface area contributed by atoms with E-state index >= 15 is 0 Å². The lowest BCUT2D eigenvalue weighted by Crippen LogP contribution is -2.41. The van der Waals surface area contributed by atoms with Gasteiger partial charge in [-0.05, 0) is 51.3 Å². The number of amides is 2. The van der Waals surface area contributed by atoms with E-state index in [1.165, 1.54) is 0 Å². The highest BCUT2D eigenvalue weighted by Gasteiger charge is 2.32. The Morgan fingerprint density at radius 3 is 2.74 bits per heavy atom. The minimum Gasteiger partial charge on any atom is -0.491 e. The molecule has 5 heteroatoms. The fourth-order valence-electron chi connectivity index (χ4n) is 3.65. The van der Waals surface area contributed by atoms with Crippen LogP contribution in [0.15, 0.2) is 48.7 Å². The molecule has 2 amide bonds. The van der Waals surface area contributed by atoms with Gasteiger partial charge < -0.3 is 15.0 Å². The van der Waals surface area contributed by atoms with Gasteiger partial charge in [-0.15, -0.1) is 0 Å². The summed E-state index contributed by atoms with van der Waals surface area (Å²) in [5, 5.41) is 3.22. The smallest absolute Gasteiger partial charge is 0.318 e. The second-order valence-electron chi connectivity index (χ2n) is 7.22. The quantitative estimate of drug-likeness (QED) is 0.793. The van der Waals surface area contributed by atoms with Gasteiger partial charge in [0, 0.05) is 18.3 Å². The number of para-hydroxylation sites is 1. The van der Waals surface area contributed by atoms with Gasteiger partial charge in [-0.25, -0.2) is 4.79 Å². The molecule has 2 aromatic rings. The van der Waals surface area contributed by atoms with Crippen molar-refractivity contribution in [3.63, 3.8) is 0 Å². The molecule has 1 aromatic heterocycles. The number of urea groups is 1. The molecular weight excluding hydrogens is 338 g/mol. The molecule has 2 heterocycles.